The average molecular weight is 345 g/mol. The summed E-state index contributed by atoms with van der Waals surface area (Å²) in [6.45, 7) is 1.34. The van der Waals surface area contributed by atoms with E-state index in [1.54, 1.807) is 6.07 Å². The van der Waals surface area contributed by atoms with Gasteiger partial charge in [-0.05, 0) is 24.6 Å². The van der Waals surface area contributed by atoms with Crippen LogP contribution in [0.5, 0.6) is 0 Å². The first-order chi connectivity index (χ1) is 10.8. The molecule has 0 bridgehead atoms. The molecule has 2 heterocycles. The van der Waals surface area contributed by atoms with Gasteiger partial charge in [-0.1, -0.05) is 11.3 Å². The Bertz CT molecular complexity index is 760. The summed E-state index contributed by atoms with van der Waals surface area (Å²) in [6, 6.07) is 5.41. The molecule has 1 aromatic carbocycles. The van der Waals surface area contributed by atoms with E-state index in [2.05, 4.69) is 14.8 Å². The molecular weight excluding hydrogens is 329 g/mol. The molecule has 11 heteroatoms. The zero-order chi connectivity index (χ0) is 16.8. The molecule has 0 spiro atoms. The van der Waals surface area contributed by atoms with Gasteiger partial charge in [-0.25, -0.2) is 9.25 Å². The number of aliphatic hydroxyl groups is 2. The van der Waals surface area contributed by atoms with Gasteiger partial charge in [-0.2, -0.15) is 0 Å². The summed E-state index contributed by atoms with van der Waals surface area (Å²) in [5.41, 5.74) is 2.19. The molecule has 0 saturated carbocycles. The second-order valence-corrected chi connectivity index (χ2v) is 6.60. The highest BCUT2D eigenvalue weighted by Crippen LogP contribution is 2.38. The Labute approximate surface area is 130 Å². The Balaban J connectivity index is 1.83. The smallest absolute Gasteiger partial charge is 0.387 e. The molecule has 4 atom stereocenters. The van der Waals surface area contributed by atoms with Crippen molar-refractivity contribution in [1.29, 1.82) is 0 Å². The monoisotopic (exact) mass is 345 g/mol. The van der Waals surface area contributed by atoms with Crippen LogP contribution in [0.15, 0.2) is 18.2 Å². The van der Waals surface area contributed by atoms with Crippen molar-refractivity contribution in [3.63, 3.8) is 0 Å². The average Bonchev–Trinajstić information content (AvgIpc) is 2.99. The largest absolute Gasteiger partial charge is 0.469 e. The maximum absolute atomic E-state index is 10.7. The summed E-state index contributed by atoms with van der Waals surface area (Å²) in [7, 11) is -4.70. The molecule has 126 valence electrons. The number of aryl methyl sites for hydroxylation is 1. The van der Waals surface area contributed by atoms with E-state index in [1.807, 2.05) is 19.1 Å². The quantitative estimate of drug-likeness (QED) is 0.537. The zero-order valence-corrected chi connectivity index (χ0v) is 12.9. The van der Waals surface area contributed by atoms with Crippen molar-refractivity contribution in [2.45, 2.75) is 31.5 Å². The third kappa shape index (κ3) is 3.29. The van der Waals surface area contributed by atoms with Crippen LogP contribution in [0.1, 0.15) is 11.8 Å². The van der Waals surface area contributed by atoms with Crippen LogP contribution in [0.4, 0.5) is 0 Å². The Morgan fingerprint density at radius 2 is 2.09 bits per heavy atom. The summed E-state index contributed by atoms with van der Waals surface area (Å²) >= 11 is 0. The van der Waals surface area contributed by atoms with E-state index in [0.717, 1.165) is 5.56 Å². The van der Waals surface area contributed by atoms with Crippen molar-refractivity contribution in [3.05, 3.63) is 23.8 Å². The second kappa shape index (κ2) is 5.91. The molecule has 1 saturated heterocycles. The number of phosphoric ester groups is 1. The SMILES string of the molecule is Cc1ccc2c(c1)nnn2[C@@H]1O[C@H](COP(=O)(O)O)[C@@H](O)[C@H]1O. The molecule has 0 amide bonds. The molecule has 1 fully saturated rings. The van der Waals surface area contributed by atoms with Gasteiger partial charge in [0.1, 0.15) is 23.8 Å². The van der Waals surface area contributed by atoms with E-state index >= 15 is 0 Å². The van der Waals surface area contributed by atoms with Crippen molar-refractivity contribution in [1.82, 2.24) is 15.0 Å². The number of phosphoric acid groups is 1. The van der Waals surface area contributed by atoms with Gasteiger partial charge in [-0.3, -0.25) is 4.52 Å². The fourth-order valence-electron chi connectivity index (χ4n) is 2.48. The van der Waals surface area contributed by atoms with E-state index in [0.29, 0.717) is 11.0 Å². The minimum atomic E-state index is -4.70. The molecule has 10 nitrogen and oxygen atoms in total. The molecule has 2 aromatic rings. The molecule has 0 aliphatic carbocycles. The highest BCUT2D eigenvalue weighted by atomic mass is 31.2. The van der Waals surface area contributed by atoms with E-state index in [-0.39, 0.29) is 0 Å². The number of hydrogen-bond donors (Lipinski definition) is 4. The highest BCUT2D eigenvalue weighted by Gasteiger charge is 2.45. The number of ether oxygens (including phenoxy) is 1. The number of aliphatic hydroxyl groups excluding tert-OH is 2. The molecular formula is C12H16N3O7P. The van der Waals surface area contributed by atoms with Crippen LogP contribution in [0.2, 0.25) is 0 Å². The van der Waals surface area contributed by atoms with Gasteiger partial charge >= 0.3 is 7.82 Å². The van der Waals surface area contributed by atoms with Gasteiger partial charge < -0.3 is 24.7 Å². The van der Waals surface area contributed by atoms with Crippen molar-refractivity contribution in [3.8, 4) is 0 Å². The van der Waals surface area contributed by atoms with E-state index in [9.17, 15) is 14.8 Å². The Hall–Kier alpha value is -1.39. The molecule has 1 aliphatic heterocycles. The lowest BCUT2D eigenvalue weighted by atomic mass is 10.1. The first kappa shape index (κ1) is 16.5. The topological polar surface area (TPSA) is 147 Å². The van der Waals surface area contributed by atoms with Crippen LogP contribution in [-0.4, -0.2) is 59.9 Å². The van der Waals surface area contributed by atoms with Gasteiger partial charge in [0.2, 0.25) is 0 Å². The maximum atomic E-state index is 10.7. The van der Waals surface area contributed by atoms with Gasteiger partial charge in [-0.15, -0.1) is 5.10 Å². The predicted octanol–water partition coefficient (Wildman–Crippen LogP) is -0.532. The van der Waals surface area contributed by atoms with Crippen molar-refractivity contribution in [2.24, 2.45) is 0 Å². The fraction of sp³-hybridized carbons (Fsp3) is 0.500. The first-order valence-corrected chi connectivity index (χ1v) is 8.32. The molecule has 23 heavy (non-hydrogen) atoms. The van der Waals surface area contributed by atoms with Crippen molar-refractivity contribution >= 4 is 18.9 Å². The van der Waals surface area contributed by atoms with Crippen LogP contribution in [0, 0.1) is 6.92 Å². The van der Waals surface area contributed by atoms with Crippen molar-refractivity contribution < 1.29 is 33.8 Å². The summed E-state index contributed by atoms with van der Waals surface area (Å²) < 4.78 is 21.8. The first-order valence-electron chi connectivity index (χ1n) is 6.79. The predicted molar refractivity (Wildman–Crippen MR) is 76.2 cm³/mol. The lowest BCUT2D eigenvalue weighted by Gasteiger charge is -2.15. The number of rotatable bonds is 4. The van der Waals surface area contributed by atoms with Crippen LogP contribution in [-0.2, 0) is 13.8 Å². The summed E-state index contributed by atoms with van der Waals surface area (Å²) in [5.74, 6) is 0. The van der Waals surface area contributed by atoms with E-state index in [1.165, 1.54) is 4.68 Å². The number of benzene rings is 1. The Morgan fingerprint density at radius 1 is 1.35 bits per heavy atom. The third-order valence-corrected chi connectivity index (χ3v) is 4.10. The van der Waals surface area contributed by atoms with Crippen molar-refractivity contribution in [2.75, 3.05) is 6.61 Å². The van der Waals surface area contributed by atoms with Crippen LogP contribution in [0.25, 0.3) is 11.0 Å². The molecule has 1 aliphatic rings. The molecule has 3 rings (SSSR count). The second-order valence-electron chi connectivity index (χ2n) is 5.36. The Kier molecular flexibility index (Phi) is 4.23. The lowest BCUT2D eigenvalue weighted by molar-refractivity contribution is -0.0564. The molecule has 0 radical (unpaired) electrons. The molecule has 0 unspecified atom stereocenters. The minimum Gasteiger partial charge on any atom is -0.387 e. The standard InChI is InChI=1S/C12H16N3O7P/c1-6-2-3-8-7(4-6)13-14-15(8)12-11(17)10(16)9(22-12)5-21-23(18,19)20/h2-4,9-12,16-17H,5H2,1H3,(H2,18,19,20)/t9-,10-,11-,12-/m1/s1. The number of fused-ring (bicyclic) bond motifs is 1. The number of aromatic nitrogens is 3. The van der Waals surface area contributed by atoms with Gasteiger partial charge in [0, 0.05) is 0 Å². The molecule has 4 N–H and O–H groups in total. The maximum Gasteiger partial charge on any atom is 0.469 e. The lowest BCUT2D eigenvalue weighted by Crippen LogP contribution is -2.33. The zero-order valence-electron chi connectivity index (χ0n) is 12.1. The van der Waals surface area contributed by atoms with Gasteiger partial charge in [0.25, 0.3) is 0 Å². The van der Waals surface area contributed by atoms with Crippen LogP contribution in [0.3, 0.4) is 0 Å². The number of nitrogens with zero attached hydrogens (tertiary/aromatic N) is 3. The van der Waals surface area contributed by atoms with Gasteiger partial charge in [0.05, 0.1) is 12.1 Å². The fourth-order valence-corrected chi connectivity index (χ4v) is 2.82. The number of hydrogen-bond acceptors (Lipinski definition) is 7. The third-order valence-electron chi connectivity index (χ3n) is 3.61. The molecule has 1 aromatic heterocycles. The van der Waals surface area contributed by atoms with Crippen LogP contribution >= 0.6 is 7.82 Å². The summed E-state index contributed by atoms with van der Waals surface area (Å²) in [5, 5.41) is 28.0. The van der Waals surface area contributed by atoms with Gasteiger partial charge in [0.15, 0.2) is 6.23 Å². The van der Waals surface area contributed by atoms with E-state index in [4.69, 9.17) is 14.5 Å². The van der Waals surface area contributed by atoms with Crippen LogP contribution < -0.4 is 0 Å². The summed E-state index contributed by atoms with van der Waals surface area (Å²) in [4.78, 5) is 17.4. The normalized spacial score (nSPS) is 28.6. The Morgan fingerprint density at radius 3 is 2.78 bits per heavy atom. The minimum absolute atomic E-state index is 0.565. The summed E-state index contributed by atoms with van der Waals surface area (Å²) in [6.07, 6.45) is -4.86. The van der Waals surface area contributed by atoms with E-state index < -0.39 is 39.0 Å². The highest BCUT2D eigenvalue weighted by molar-refractivity contribution is 7.46.